The largest absolute Gasteiger partial charge is 0.480 e. The zero-order valence-electron chi connectivity index (χ0n) is 14.1. The number of nitrogens with zero attached hydrogens (tertiary/aromatic N) is 3. The molecule has 0 aliphatic heterocycles. The number of amides is 1. The number of aryl methyl sites for hydroxylation is 1. The van der Waals surface area contributed by atoms with Crippen LogP contribution in [0.25, 0.3) is 11.1 Å². The predicted octanol–water partition coefficient (Wildman–Crippen LogP) is 2.60. The van der Waals surface area contributed by atoms with Gasteiger partial charge in [0.25, 0.3) is 11.6 Å². The molecule has 1 unspecified atom stereocenters. The van der Waals surface area contributed by atoms with Crippen molar-refractivity contribution in [3.8, 4) is 0 Å². The summed E-state index contributed by atoms with van der Waals surface area (Å²) in [6.07, 6.45) is 3.63. The van der Waals surface area contributed by atoms with Crippen LogP contribution < -0.4 is 0 Å². The van der Waals surface area contributed by atoms with Crippen LogP contribution >= 0.6 is 0 Å². The first-order valence-corrected chi connectivity index (χ1v) is 8.23. The Kier molecular flexibility index (Phi) is 4.26. The highest BCUT2D eigenvalue weighted by atomic mass is 16.5. The molecular formula is C17H21N3O4. The van der Waals surface area contributed by atoms with Crippen LogP contribution in [0, 0.1) is 0 Å². The van der Waals surface area contributed by atoms with Crippen molar-refractivity contribution < 1.29 is 19.2 Å². The van der Waals surface area contributed by atoms with Gasteiger partial charge < -0.3 is 14.5 Å². The Morgan fingerprint density at radius 2 is 2.17 bits per heavy atom. The normalized spacial score (nSPS) is 15.5. The summed E-state index contributed by atoms with van der Waals surface area (Å²) in [5.41, 5.74) is 2.31. The highest BCUT2D eigenvalue weighted by Gasteiger charge is 2.31. The predicted molar refractivity (Wildman–Crippen MR) is 87.0 cm³/mol. The Hall–Kier alpha value is -2.44. The van der Waals surface area contributed by atoms with Crippen LogP contribution in [-0.2, 0) is 11.2 Å². The molecule has 2 aromatic heterocycles. The standard InChI is InChI=1S/C17H21N3O4/c1-4-5-12-14-11(16(21)20(3)9(2)17(22)23)8-13(10-6-7-10)18-15(14)24-19-12/h8-10H,4-7H2,1-3H3,(H,22,23). The Morgan fingerprint density at radius 3 is 2.75 bits per heavy atom. The van der Waals surface area contributed by atoms with Gasteiger partial charge in [-0.25, -0.2) is 9.78 Å². The summed E-state index contributed by atoms with van der Waals surface area (Å²) in [4.78, 5) is 29.9. The van der Waals surface area contributed by atoms with E-state index in [-0.39, 0.29) is 5.91 Å². The molecule has 128 valence electrons. The van der Waals surface area contributed by atoms with E-state index in [2.05, 4.69) is 10.1 Å². The van der Waals surface area contributed by atoms with Gasteiger partial charge in [-0.05, 0) is 32.3 Å². The summed E-state index contributed by atoms with van der Waals surface area (Å²) < 4.78 is 5.35. The molecule has 24 heavy (non-hydrogen) atoms. The van der Waals surface area contributed by atoms with Gasteiger partial charge >= 0.3 is 5.97 Å². The number of aliphatic carboxylic acids is 1. The number of aromatic nitrogens is 2. The van der Waals surface area contributed by atoms with Crippen molar-refractivity contribution in [2.45, 2.75) is 51.5 Å². The molecular weight excluding hydrogens is 310 g/mol. The summed E-state index contributed by atoms with van der Waals surface area (Å²) in [7, 11) is 1.50. The molecule has 1 saturated carbocycles. The molecule has 0 radical (unpaired) electrons. The lowest BCUT2D eigenvalue weighted by atomic mass is 10.0. The van der Waals surface area contributed by atoms with Crippen LogP contribution in [0.4, 0.5) is 0 Å². The van der Waals surface area contributed by atoms with E-state index in [0.29, 0.717) is 34.7 Å². The summed E-state index contributed by atoms with van der Waals surface area (Å²) >= 11 is 0. The fourth-order valence-electron chi connectivity index (χ4n) is 2.73. The van der Waals surface area contributed by atoms with Crippen LogP contribution in [0.2, 0.25) is 0 Å². The molecule has 1 amide bonds. The number of hydrogen-bond acceptors (Lipinski definition) is 5. The van der Waals surface area contributed by atoms with E-state index in [9.17, 15) is 14.7 Å². The summed E-state index contributed by atoms with van der Waals surface area (Å²) in [6.45, 7) is 3.51. The smallest absolute Gasteiger partial charge is 0.326 e. The van der Waals surface area contributed by atoms with Crippen LogP contribution in [0.1, 0.15) is 60.8 Å². The molecule has 1 aliphatic rings. The molecule has 2 aromatic rings. The molecule has 1 aliphatic carbocycles. The first kappa shape index (κ1) is 16.4. The lowest BCUT2D eigenvalue weighted by molar-refractivity contribution is -0.141. The average Bonchev–Trinajstić information content (AvgIpc) is 3.34. The second kappa shape index (κ2) is 6.22. The van der Waals surface area contributed by atoms with E-state index >= 15 is 0 Å². The molecule has 2 heterocycles. The second-order valence-electron chi connectivity index (χ2n) is 6.36. The van der Waals surface area contributed by atoms with Crippen molar-refractivity contribution in [1.29, 1.82) is 0 Å². The average molecular weight is 331 g/mol. The molecule has 0 spiro atoms. The van der Waals surface area contributed by atoms with Gasteiger partial charge in [-0.3, -0.25) is 4.79 Å². The van der Waals surface area contributed by atoms with E-state index in [0.717, 1.165) is 25.0 Å². The molecule has 0 bridgehead atoms. The SMILES string of the molecule is CCCc1noc2nc(C3CC3)cc(C(=O)N(C)C(C)C(=O)O)c12. The van der Waals surface area contributed by atoms with Crippen molar-refractivity contribution in [1.82, 2.24) is 15.0 Å². The van der Waals surface area contributed by atoms with Gasteiger partial charge in [0.2, 0.25) is 0 Å². The third-order valence-electron chi connectivity index (χ3n) is 4.51. The van der Waals surface area contributed by atoms with E-state index in [1.54, 1.807) is 6.07 Å². The van der Waals surface area contributed by atoms with Crippen molar-refractivity contribution in [2.75, 3.05) is 7.05 Å². The van der Waals surface area contributed by atoms with Gasteiger partial charge in [0.1, 0.15) is 6.04 Å². The van der Waals surface area contributed by atoms with Gasteiger partial charge in [0.15, 0.2) is 0 Å². The summed E-state index contributed by atoms with van der Waals surface area (Å²) in [6, 6.07) is 0.864. The Labute approximate surface area is 139 Å². The number of pyridine rings is 1. The quantitative estimate of drug-likeness (QED) is 0.874. The van der Waals surface area contributed by atoms with Gasteiger partial charge in [-0.15, -0.1) is 0 Å². The number of rotatable bonds is 6. The zero-order chi connectivity index (χ0) is 17.4. The first-order chi connectivity index (χ1) is 11.4. The van der Waals surface area contributed by atoms with Crippen molar-refractivity contribution >= 4 is 23.0 Å². The molecule has 1 fully saturated rings. The van der Waals surface area contributed by atoms with Crippen molar-refractivity contribution in [3.05, 3.63) is 23.0 Å². The van der Waals surface area contributed by atoms with E-state index < -0.39 is 12.0 Å². The minimum absolute atomic E-state index is 0.347. The highest BCUT2D eigenvalue weighted by molar-refractivity contribution is 6.07. The van der Waals surface area contributed by atoms with Gasteiger partial charge in [0, 0.05) is 18.7 Å². The number of carbonyl (C=O) groups excluding carboxylic acids is 1. The van der Waals surface area contributed by atoms with E-state index in [4.69, 9.17) is 4.52 Å². The maximum Gasteiger partial charge on any atom is 0.326 e. The Balaban J connectivity index is 2.10. The fourth-order valence-corrected chi connectivity index (χ4v) is 2.73. The number of carboxylic acid groups (broad SMARTS) is 1. The summed E-state index contributed by atoms with van der Waals surface area (Å²) in [5.74, 6) is -1.04. The van der Waals surface area contributed by atoms with Gasteiger partial charge in [0.05, 0.1) is 16.6 Å². The Morgan fingerprint density at radius 1 is 1.46 bits per heavy atom. The topological polar surface area (TPSA) is 96.5 Å². The number of carbonyl (C=O) groups is 2. The second-order valence-corrected chi connectivity index (χ2v) is 6.36. The van der Waals surface area contributed by atoms with E-state index in [1.807, 2.05) is 6.92 Å². The third kappa shape index (κ3) is 2.86. The van der Waals surface area contributed by atoms with Gasteiger partial charge in [-0.2, -0.15) is 0 Å². The maximum atomic E-state index is 12.9. The number of likely N-dealkylation sites (N-methyl/N-ethyl adjacent to an activating group) is 1. The highest BCUT2D eigenvalue weighted by Crippen LogP contribution is 2.40. The molecule has 1 N–H and O–H groups in total. The maximum absolute atomic E-state index is 12.9. The van der Waals surface area contributed by atoms with Crippen LogP contribution in [0.3, 0.4) is 0 Å². The number of fused-ring (bicyclic) bond motifs is 1. The van der Waals surface area contributed by atoms with Crippen LogP contribution in [-0.4, -0.2) is 45.1 Å². The fraction of sp³-hybridized carbons (Fsp3) is 0.529. The summed E-state index contributed by atoms with van der Waals surface area (Å²) in [5, 5.41) is 13.8. The van der Waals surface area contributed by atoms with Crippen LogP contribution in [0.15, 0.2) is 10.6 Å². The molecule has 0 saturated heterocycles. The van der Waals surface area contributed by atoms with E-state index in [1.165, 1.54) is 18.9 Å². The third-order valence-corrected chi connectivity index (χ3v) is 4.51. The van der Waals surface area contributed by atoms with Crippen molar-refractivity contribution in [2.24, 2.45) is 0 Å². The number of carboxylic acids is 1. The Bertz CT molecular complexity index is 794. The zero-order valence-corrected chi connectivity index (χ0v) is 14.1. The monoisotopic (exact) mass is 331 g/mol. The molecule has 3 rings (SSSR count). The molecule has 1 atom stereocenters. The molecule has 0 aromatic carbocycles. The lowest BCUT2D eigenvalue weighted by Crippen LogP contribution is -2.40. The number of hydrogen-bond donors (Lipinski definition) is 1. The lowest BCUT2D eigenvalue weighted by Gasteiger charge is -2.22. The minimum atomic E-state index is -1.04. The van der Waals surface area contributed by atoms with Crippen molar-refractivity contribution in [3.63, 3.8) is 0 Å². The van der Waals surface area contributed by atoms with Gasteiger partial charge in [-0.1, -0.05) is 18.5 Å². The first-order valence-electron chi connectivity index (χ1n) is 8.23. The molecule has 7 heteroatoms. The minimum Gasteiger partial charge on any atom is -0.480 e. The van der Waals surface area contributed by atoms with Crippen LogP contribution in [0.5, 0.6) is 0 Å². The molecule has 7 nitrogen and oxygen atoms in total.